The van der Waals surface area contributed by atoms with Crippen LogP contribution in [0.3, 0.4) is 0 Å². The number of amides is 3. The lowest BCUT2D eigenvalue weighted by molar-refractivity contribution is -0.123. The molecule has 7 nitrogen and oxygen atoms in total. The van der Waals surface area contributed by atoms with E-state index in [4.69, 9.17) is 0 Å². The molecule has 2 N–H and O–H groups in total. The summed E-state index contributed by atoms with van der Waals surface area (Å²) < 4.78 is 0. The minimum atomic E-state index is -0.508. The van der Waals surface area contributed by atoms with Crippen molar-refractivity contribution in [2.45, 2.75) is 39.3 Å². The second-order valence-corrected chi connectivity index (χ2v) is 7.83. The minimum Gasteiger partial charge on any atom is -0.325 e. The van der Waals surface area contributed by atoms with Gasteiger partial charge in [0.15, 0.2) is 0 Å². The molecule has 2 atom stereocenters. The van der Waals surface area contributed by atoms with Crippen LogP contribution in [0.25, 0.3) is 0 Å². The van der Waals surface area contributed by atoms with Gasteiger partial charge in [-0.25, -0.2) is 0 Å². The zero-order valence-corrected chi connectivity index (χ0v) is 17.8. The highest BCUT2D eigenvalue weighted by Crippen LogP contribution is 2.31. The summed E-state index contributed by atoms with van der Waals surface area (Å²) in [5, 5.41) is 5.75. The van der Waals surface area contributed by atoms with Gasteiger partial charge in [0.05, 0.1) is 24.0 Å². The maximum Gasteiger partial charge on any atom is 0.241 e. The number of hydrogen-bond acceptors (Lipinski definition) is 4. The fourth-order valence-corrected chi connectivity index (χ4v) is 3.56. The van der Waals surface area contributed by atoms with Crippen molar-refractivity contribution < 1.29 is 14.4 Å². The highest BCUT2D eigenvalue weighted by atomic mass is 16.2. The summed E-state index contributed by atoms with van der Waals surface area (Å²) in [6.45, 7) is 5.63. The molecule has 0 radical (unpaired) electrons. The Morgan fingerprint density at radius 3 is 2.70 bits per heavy atom. The normalized spacial score (nSPS) is 17.0. The van der Waals surface area contributed by atoms with Gasteiger partial charge in [-0.2, -0.15) is 0 Å². The summed E-state index contributed by atoms with van der Waals surface area (Å²) in [7, 11) is 1.75. The molecular formula is C23H28N4O3. The number of para-hydroxylation sites is 2. The zero-order valence-electron chi connectivity index (χ0n) is 17.8. The van der Waals surface area contributed by atoms with Crippen molar-refractivity contribution in [3.63, 3.8) is 0 Å². The fourth-order valence-electron chi connectivity index (χ4n) is 3.56. The molecule has 1 aliphatic rings. The third-order valence-corrected chi connectivity index (χ3v) is 5.34. The van der Waals surface area contributed by atoms with Crippen molar-refractivity contribution in [2.24, 2.45) is 0 Å². The lowest BCUT2D eigenvalue weighted by atomic mass is 10.1. The number of carbonyl (C=O) groups excluding carboxylic acids is 3. The topological polar surface area (TPSA) is 81.8 Å². The number of likely N-dealkylation sites (N-methyl/N-ethyl adjacent to an activating group) is 1. The number of benzene rings is 2. The van der Waals surface area contributed by atoms with E-state index in [0.717, 1.165) is 11.3 Å². The Kier molecular flexibility index (Phi) is 6.52. The Bertz CT molecular complexity index is 959. The molecule has 3 rings (SSSR count). The Morgan fingerprint density at radius 1 is 1.23 bits per heavy atom. The molecule has 30 heavy (non-hydrogen) atoms. The van der Waals surface area contributed by atoms with Crippen LogP contribution in [0.15, 0.2) is 48.5 Å². The molecule has 1 heterocycles. The van der Waals surface area contributed by atoms with Gasteiger partial charge in [-0.3, -0.25) is 19.3 Å². The summed E-state index contributed by atoms with van der Waals surface area (Å²) in [6.07, 6.45) is 0.216. The predicted molar refractivity (Wildman–Crippen MR) is 119 cm³/mol. The van der Waals surface area contributed by atoms with Crippen molar-refractivity contribution in [1.29, 1.82) is 0 Å². The van der Waals surface area contributed by atoms with Crippen LogP contribution in [-0.4, -0.2) is 48.3 Å². The largest absolute Gasteiger partial charge is 0.325 e. The van der Waals surface area contributed by atoms with Gasteiger partial charge in [-0.15, -0.1) is 0 Å². The molecule has 0 aromatic heterocycles. The third-order valence-electron chi connectivity index (χ3n) is 5.34. The molecule has 7 heteroatoms. The molecule has 2 aromatic rings. The minimum absolute atomic E-state index is 0.0509. The molecule has 0 unspecified atom stereocenters. The van der Waals surface area contributed by atoms with Crippen LogP contribution in [0.4, 0.5) is 17.1 Å². The van der Waals surface area contributed by atoms with E-state index < -0.39 is 6.04 Å². The highest BCUT2D eigenvalue weighted by Gasteiger charge is 2.31. The maximum absolute atomic E-state index is 13.2. The first kappa shape index (κ1) is 21.5. The first-order valence-electron chi connectivity index (χ1n) is 10.0. The molecule has 0 bridgehead atoms. The van der Waals surface area contributed by atoms with E-state index in [0.29, 0.717) is 11.4 Å². The Morgan fingerprint density at radius 2 is 1.97 bits per heavy atom. The van der Waals surface area contributed by atoms with Crippen LogP contribution in [0, 0.1) is 6.92 Å². The van der Waals surface area contributed by atoms with E-state index >= 15 is 0 Å². The summed E-state index contributed by atoms with van der Waals surface area (Å²) in [6, 6.07) is 14.1. The van der Waals surface area contributed by atoms with E-state index in [-0.39, 0.29) is 36.7 Å². The third kappa shape index (κ3) is 4.86. The maximum atomic E-state index is 13.2. The van der Waals surface area contributed by atoms with E-state index in [1.807, 2.05) is 56.3 Å². The van der Waals surface area contributed by atoms with Gasteiger partial charge in [0, 0.05) is 18.2 Å². The molecule has 0 fully saturated rings. The van der Waals surface area contributed by atoms with E-state index in [9.17, 15) is 14.4 Å². The Labute approximate surface area is 177 Å². The molecule has 2 aromatic carbocycles. The van der Waals surface area contributed by atoms with Gasteiger partial charge in [0.2, 0.25) is 17.7 Å². The van der Waals surface area contributed by atoms with Crippen molar-refractivity contribution in [2.75, 3.05) is 29.1 Å². The molecule has 3 amide bonds. The Hall–Kier alpha value is -3.19. The van der Waals surface area contributed by atoms with Crippen LogP contribution in [0.1, 0.15) is 25.8 Å². The quantitative estimate of drug-likeness (QED) is 0.797. The van der Waals surface area contributed by atoms with Gasteiger partial charge in [-0.1, -0.05) is 24.3 Å². The van der Waals surface area contributed by atoms with E-state index in [1.165, 1.54) is 0 Å². The number of hydrogen-bond donors (Lipinski definition) is 2. The lowest BCUT2D eigenvalue weighted by Gasteiger charge is -2.31. The van der Waals surface area contributed by atoms with Crippen LogP contribution in [0.2, 0.25) is 0 Å². The summed E-state index contributed by atoms with van der Waals surface area (Å²) >= 11 is 0. The molecule has 0 spiro atoms. The van der Waals surface area contributed by atoms with Gasteiger partial charge in [0.1, 0.15) is 0 Å². The van der Waals surface area contributed by atoms with Gasteiger partial charge < -0.3 is 15.5 Å². The molecule has 0 saturated heterocycles. The number of nitrogens with zero attached hydrogens (tertiary/aromatic N) is 2. The van der Waals surface area contributed by atoms with Crippen LogP contribution in [-0.2, 0) is 14.4 Å². The number of rotatable bonds is 5. The van der Waals surface area contributed by atoms with Crippen molar-refractivity contribution in [3.05, 3.63) is 54.1 Å². The number of carbonyl (C=O) groups is 3. The average molecular weight is 409 g/mol. The van der Waals surface area contributed by atoms with Gasteiger partial charge in [-0.05, 0) is 57.6 Å². The van der Waals surface area contributed by atoms with Crippen molar-refractivity contribution >= 4 is 34.8 Å². The molecule has 1 aliphatic heterocycles. The summed E-state index contributed by atoms with van der Waals surface area (Å²) in [4.78, 5) is 41.3. The number of nitrogens with one attached hydrogen (secondary N) is 2. The van der Waals surface area contributed by atoms with Crippen LogP contribution in [0.5, 0.6) is 0 Å². The smallest absolute Gasteiger partial charge is 0.241 e. The number of fused-ring (bicyclic) bond motifs is 1. The van der Waals surface area contributed by atoms with Gasteiger partial charge >= 0.3 is 0 Å². The lowest BCUT2D eigenvalue weighted by Crippen LogP contribution is -2.48. The molecule has 0 saturated carbocycles. The standard InChI is InChI=1S/C23H28N4O3/c1-15-8-7-9-18(12-15)24-23(30)17(3)26(4)14-22(29)27-16(2)13-21(28)25-19-10-5-6-11-20(19)27/h5-12,16-17H,13-14H2,1-4H3,(H,24,30)(H,25,28)/t16-,17-/m0/s1. The predicted octanol–water partition coefficient (Wildman–Crippen LogP) is 3.02. The first-order valence-corrected chi connectivity index (χ1v) is 10.0. The van der Waals surface area contributed by atoms with Crippen LogP contribution < -0.4 is 15.5 Å². The fraction of sp³-hybridized carbons (Fsp3) is 0.348. The number of anilines is 3. The monoisotopic (exact) mass is 408 g/mol. The molecule has 0 aliphatic carbocycles. The molecular weight excluding hydrogens is 380 g/mol. The van der Waals surface area contributed by atoms with Crippen molar-refractivity contribution in [1.82, 2.24) is 4.90 Å². The zero-order chi connectivity index (χ0) is 21.8. The summed E-state index contributed by atoms with van der Waals surface area (Å²) in [5.41, 5.74) is 3.08. The van der Waals surface area contributed by atoms with Crippen LogP contribution >= 0.6 is 0 Å². The first-order chi connectivity index (χ1) is 14.3. The second-order valence-electron chi connectivity index (χ2n) is 7.83. The number of aryl methyl sites for hydroxylation is 1. The van der Waals surface area contributed by atoms with E-state index in [1.54, 1.807) is 29.8 Å². The van der Waals surface area contributed by atoms with Crippen molar-refractivity contribution in [3.8, 4) is 0 Å². The SMILES string of the molecule is Cc1cccc(NC(=O)[C@H](C)N(C)CC(=O)N2c3ccccc3NC(=O)C[C@@H]2C)c1. The van der Waals surface area contributed by atoms with Gasteiger partial charge in [0.25, 0.3) is 0 Å². The summed E-state index contributed by atoms with van der Waals surface area (Å²) in [5.74, 6) is -0.467. The molecule has 158 valence electrons. The second kappa shape index (κ2) is 9.09. The average Bonchev–Trinajstić information content (AvgIpc) is 2.81. The van der Waals surface area contributed by atoms with E-state index in [2.05, 4.69) is 10.6 Å². The highest BCUT2D eigenvalue weighted by molar-refractivity contribution is 6.05. The Balaban J connectivity index is 1.71.